The van der Waals surface area contributed by atoms with Crippen molar-refractivity contribution in [1.29, 1.82) is 0 Å². The zero-order valence-electron chi connectivity index (χ0n) is 11.9. The second-order valence-corrected chi connectivity index (χ2v) is 4.02. The molecule has 0 aliphatic carbocycles. The summed E-state index contributed by atoms with van der Waals surface area (Å²) in [6.07, 6.45) is 4.29. The Bertz CT molecular complexity index is 452. The molecule has 0 amide bonds. The van der Waals surface area contributed by atoms with Crippen LogP contribution in [0.3, 0.4) is 0 Å². The van der Waals surface area contributed by atoms with Gasteiger partial charge in [0, 0.05) is 25.4 Å². The lowest BCUT2D eigenvalue weighted by Gasteiger charge is -2.14. The average molecular weight is 263 g/mol. The van der Waals surface area contributed by atoms with Gasteiger partial charge in [0.2, 0.25) is 5.88 Å². The van der Waals surface area contributed by atoms with Gasteiger partial charge < -0.3 is 15.2 Å². The van der Waals surface area contributed by atoms with Crippen LogP contribution in [-0.4, -0.2) is 25.1 Å². The minimum Gasteiger partial charge on any atom is -0.484 e. The zero-order chi connectivity index (χ0) is 14.3. The molecule has 0 aromatic carbocycles. The van der Waals surface area contributed by atoms with E-state index in [-0.39, 0.29) is 6.04 Å². The van der Waals surface area contributed by atoms with Crippen LogP contribution in [0.25, 0.3) is 0 Å². The number of hydrogen-bond donors (Lipinski definition) is 1. The fraction of sp³-hybridized carbons (Fsp3) is 0.429. The Morgan fingerprint density at radius 1 is 1.47 bits per heavy atom. The highest BCUT2D eigenvalue weighted by Crippen LogP contribution is 2.22. The molecule has 0 fully saturated rings. The molecule has 1 aromatic rings. The molecule has 0 bridgehead atoms. The molecule has 104 valence electrons. The van der Waals surface area contributed by atoms with Crippen molar-refractivity contribution in [1.82, 2.24) is 4.98 Å². The van der Waals surface area contributed by atoms with E-state index in [0.717, 1.165) is 17.6 Å². The fourth-order valence-electron chi connectivity index (χ4n) is 1.53. The van der Waals surface area contributed by atoms with Gasteiger partial charge in [0.05, 0.1) is 20.3 Å². The smallest absolute Gasteiger partial charge is 0.212 e. The number of pyridine rings is 1. The quantitative estimate of drug-likeness (QED) is 0.654. The van der Waals surface area contributed by atoms with Gasteiger partial charge in [0.1, 0.15) is 0 Å². The first-order chi connectivity index (χ1) is 9.12. The van der Waals surface area contributed by atoms with E-state index < -0.39 is 0 Å². The van der Waals surface area contributed by atoms with Crippen molar-refractivity contribution in [3.8, 4) is 5.88 Å². The van der Waals surface area contributed by atoms with Crippen LogP contribution >= 0.6 is 0 Å². The molecule has 0 aliphatic heterocycles. The molecule has 5 nitrogen and oxygen atoms in total. The van der Waals surface area contributed by atoms with E-state index in [1.807, 2.05) is 13.0 Å². The molecule has 0 aliphatic rings. The van der Waals surface area contributed by atoms with Gasteiger partial charge in [-0.2, -0.15) is 0 Å². The van der Waals surface area contributed by atoms with Crippen LogP contribution in [-0.2, 0) is 4.74 Å². The number of rotatable bonds is 5. The summed E-state index contributed by atoms with van der Waals surface area (Å²) < 4.78 is 10.0. The molecule has 1 rings (SSSR count). The highest BCUT2D eigenvalue weighted by molar-refractivity contribution is 5.73. The summed E-state index contributed by atoms with van der Waals surface area (Å²) in [6, 6.07) is 3.48. The topological polar surface area (TPSA) is 69.7 Å². The van der Waals surface area contributed by atoms with Crippen LogP contribution in [0.4, 0.5) is 0 Å². The maximum Gasteiger partial charge on any atom is 0.212 e. The van der Waals surface area contributed by atoms with Gasteiger partial charge >= 0.3 is 0 Å². The first kappa shape index (κ1) is 15.2. The predicted octanol–water partition coefficient (Wildman–Crippen LogP) is 2.45. The van der Waals surface area contributed by atoms with Crippen LogP contribution in [0, 0.1) is 0 Å². The Morgan fingerprint density at radius 2 is 2.21 bits per heavy atom. The monoisotopic (exact) mass is 263 g/mol. The summed E-state index contributed by atoms with van der Waals surface area (Å²) in [6.45, 7) is 3.84. The number of hydrogen-bond acceptors (Lipinski definition) is 5. The maximum absolute atomic E-state index is 6.21. The van der Waals surface area contributed by atoms with Gasteiger partial charge in [-0.1, -0.05) is 13.0 Å². The van der Waals surface area contributed by atoms with Crippen molar-refractivity contribution in [3.63, 3.8) is 0 Å². The summed E-state index contributed by atoms with van der Waals surface area (Å²) in [5, 5.41) is 0. The van der Waals surface area contributed by atoms with E-state index in [2.05, 4.69) is 9.98 Å². The summed E-state index contributed by atoms with van der Waals surface area (Å²) >= 11 is 0. The van der Waals surface area contributed by atoms with Crippen molar-refractivity contribution in [2.75, 3.05) is 14.2 Å². The highest BCUT2D eigenvalue weighted by Gasteiger charge is 2.11. The van der Waals surface area contributed by atoms with Crippen LogP contribution in [0.1, 0.15) is 31.9 Å². The number of ether oxygens (including phenoxy) is 2. The van der Waals surface area contributed by atoms with Gasteiger partial charge in [0.15, 0.2) is 5.90 Å². The Morgan fingerprint density at radius 3 is 2.68 bits per heavy atom. The van der Waals surface area contributed by atoms with Crippen molar-refractivity contribution in [3.05, 3.63) is 35.7 Å². The van der Waals surface area contributed by atoms with E-state index in [1.165, 1.54) is 0 Å². The maximum atomic E-state index is 6.21. The second-order valence-electron chi connectivity index (χ2n) is 4.02. The van der Waals surface area contributed by atoms with Gasteiger partial charge in [-0.25, -0.2) is 9.98 Å². The lowest BCUT2D eigenvalue weighted by atomic mass is 10.00. The van der Waals surface area contributed by atoms with Gasteiger partial charge in [-0.15, -0.1) is 0 Å². The number of methoxy groups -OCH3 is 2. The first-order valence-corrected chi connectivity index (χ1v) is 6.15. The number of nitrogens with two attached hydrogens (primary N) is 1. The summed E-state index contributed by atoms with van der Waals surface area (Å²) in [5.74, 6) is 1.18. The molecule has 19 heavy (non-hydrogen) atoms. The predicted molar refractivity (Wildman–Crippen MR) is 76.2 cm³/mol. The van der Waals surface area contributed by atoms with E-state index in [9.17, 15) is 0 Å². The molecule has 2 N–H and O–H groups in total. The molecule has 1 aromatic heterocycles. The van der Waals surface area contributed by atoms with E-state index >= 15 is 0 Å². The number of aromatic nitrogens is 1. The van der Waals surface area contributed by atoms with Gasteiger partial charge in [-0.3, -0.25) is 0 Å². The third-order valence-corrected chi connectivity index (χ3v) is 2.84. The molecule has 1 atom stereocenters. The third-order valence-electron chi connectivity index (χ3n) is 2.84. The summed E-state index contributed by atoms with van der Waals surface area (Å²) in [7, 11) is 3.17. The Balaban J connectivity index is 2.91. The van der Waals surface area contributed by atoms with E-state index in [0.29, 0.717) is 11.8 Å². The SMILES string of the molecule is CC/C(=C\N=C(C)OC)C(N)c1ccc(OC)nc1. The van der Waals surface area contributed by atoms with Crippen LogP contribution in [0.5, 0.6) is 5.88 Å². The molecular formula is C14H21N3O2. The lowest BCUT2D eigenvalue weighted by Crippen LogP contribution is -2.13. The molecule has 5 heteroatoms. The van der Waals surface area contributed by atoms with Crippen LogP contribution in [0.15, 0.2) is 35.1 Å². The minimum absolute atomic E-state index is 0.225. The molecular weight excluding hydrogens is 242 g/mol. The van der Waals surface area contributed by atoms with Gasteiger partial charge in [0.25, 0.3) is 0 Å². The Hall–Kier alpha value is -1.88. The normalized spacial score (nSPS) is 14.2. The number of aliphatic imine (C=N–C) groups is 1. The van der Waals surface area contributed by atoms with Crippen molar-refractivity contribution in [2.24, 2.45) is 10.7 Å². The van der Waals surface area contributed by atoms with E-state index in [4.69, 9.17) is 15.2 Å². The molecule has 1 heterocycles. The highest BCUT2D eigenvalue weighted by atomic mass is 16.5. The summed E-state index contributed by atoms with van der Waals surface area (Å²) in [5.41, 5.74) is 8.16. The van der Waals surface area contributed by atoms with Crippen LogP contribution < -0.4 is 10.5 Å². The number of nitrogens with zero attached hydrogens (tertiary/aromatic N) is 2. The van der Waals surface area contributed by atoms with Crippen molar-refractivity contribution < 1.29 is 9.47 Å². The minimum atomic E-state index is -0.225. The van der Waals surface area contributed by atoms with Crippen molar-refractivity contribution in [2.45, 2.75) is 26.3 Å². The fourth-order valence-corrected chi connectivity index (χ4v) is 1.53. The molecule has 0 saturated carbocycles. The second kappa shape index (κ2) is 7.53. The molecule has 0 saturated heterocycles. The van der Waals surface area contributed by atoms with Gasteiger partial charge in [-0.05, 0) is 17.6 Å². The molecule has 0 spiro atoms. The first-order valence-electron chi connectivity index (χ1n) is 6.15. The van der Waals surface area contributed by atoms with Crippen LogP contribution in [0.2, 0.25) is 0 Å². The summed E-state index contributed by atoms with van der Waals surface area (Å²) in [4.78, 5) is 8.36. The third kappa shape index (κ3) is 4.37. The van der Waals surface area contributed by atoms with E-state index in [1.54, 1.807) is 39.6 Å². The molecule has 1 unspecified atom stereocenters. The Kier molecular flexibility index (Phi) is 6.02. The standard InChI is InChI=1S/C14H21N3O2/c1-5-11(8-16-10(2)18-3)14(15)12-6-7-13(19-4)17-9-12/h6-9,14H,5,15H2,1-4H3/b11-8+,16-10?. The zero-order valence-corrected chi connectivity index (χ0v) is 11.9. The largest absolute Gasteiger partial charge is 0.484 e. The Labute approximate surface area is 114 Å². The lowest BCUT2D eigenvalue weighted by molar-refractivity contribution is 0.397. The van der Waals surface area contributed by atoms with Crippen molar-refractivity contribution >= 4 is 5.90 Å². The molecule has 0 radical (unpaired) electrons. The average Bonchev–Trinajstić information content (AvgIpc) is 2.47.